The first-order chi connectivity index (χ1) is 11.5. The molecule has 24 heavy (non-hydrogen) atoms. The number of nitrogens with zero attached hydrogens (tertiary/aromatic N) is 2. The first-order valence-electron chi connectivity index (χ1n) is 7.96. The fourth-order valence-corrected chi connectivity index (χ4v) is 3.61. The van der Waals surface area contributed by atoms with Crippen LogP contribution in [0.5, 0.6) is 0 Å². The zero-order valence-electron chi connectivity index (χ0n) is 14.1. The van der Waals surface area contributed by atoms with Gasteiger partial charge in [-0.25, -0.2) is 4.98 Å². The van der Waals surface area contributed by atoms with E-state index in [1.165, 1.54) is 4.70 Å². The van der Waals surface area contributed by atoms with Gasteiger partial charge in [-0.2, -0.15) is 0 Å². The molecule has 1 amide bonds. The Balaban J connectivity index is 1.66. The number of rotatable bonds is 5. The molecule has 0 bridgehead atoms. The second-order valence-corrected chi connectivity index (χ2v) is 7.04. The van der Waals surface area contributed by atoms with Crippen LogP contribution in [0.3, 0.4) is 0 Å². The average Bonchev–Trinajstić information content (AvgIpc) is 3.00. The van der Waals surface area contributed by atoms with Gasteiger partial charge < -0.3 is 5.32 Å². The third kappa shape index (κ3) is 3.63. The number of para-hydroxylation sites is 2. The fraction of sp³-hybridized carbons (Fsp3) is 0.263. The van der Waals surface area contributed by atoms with Gasteiger partial charge in [0.15, 0.2) is 0 Å². The molecule has 124 valence electrons. The maximum atomic E-state index is 12.3. The number of likely N-dealkylation sites (N-methyl/N-ethyl adjacent to an activating group) is 1. The molecule has 0 aliphatic rings. The predicted molar refractivity (Wildman–Crippen MR) is 100 cm³/mol. The Bertz CT molecular complexity index is 825. The van der Waals surface area contributed by atoms with E-state index in [9.17, 15) is 4.79 Å². The largest absolute Gasteiger partial charge is 0.325 e. The second-order valence-electron chi connectivity index (χ2n) is 5.97. The average molecular weight is 339 g/mol. The van der Waals surface area contributed by atoms with Crippen molar-refractivity contribution in [2.75, 3.05) is 18.9 Å². The summed E-state index contributed by atoms with van der Waals surface area (Å²) in [5, 5.41) is 4.01. The summed E-state index contributed by atoms with van der Waals surface area (Å²) in [5.41, 5.74) is 2.94. The van der Waals surface area contributed by atoms with E-state index >= 15 is 0 Å². The molecule has 0 aliphatic carbocycles. The van der Waals surface area contributed by atoms with E-state index < -0.39 is 0 Å². The number of hydrogen-bond acceptors (Lipinski definition) is 4. The lowest BCUT2D eigenvalue weighted by atomic mass is 10.2. The lowest BCUT2D eigenvalue weighted by molar-refractivity contribution is -0.117. The summed E-state index contributed by atoms with van der Waals surface area (Å²) in [6, 6.07) is 16.0. The number of aromatic nitrogens is 1. The molecule has 5 heteroatoms. The smallest absolute Gasteiger partial charge is 0.238 e. The maximum absolute atomic E-state index is 12.3. The summed E-state index contributed by atoms with van der Waals surface area (Å²) in [7, 11) is 1.95. The molecular weight excluding hydrogens is 318 g/mol. The van der Waals surface area contributed by atoms with Gasteiger partial charge in [-0.1, -0.05) is 30.3 Å². The summed E-state index contributed by atoms with van der Waals surface area (Å²) >= 11 is 1.68. The standard InChI is InChI=1S/C19H21N3OS/c1-13-8-4-5-9-15(13)20-18(23)12-22(3)14(2)19-21-16-10-6-7-11-17(16)24-19/h4-11,14H,12H2,1-3H3,(H,20,23)/t14-/m1/s1. The molecule has 4 nitrogen and oxygen atoms in total. The van der Waals surface area contributed by atoms with E-state index in [1.807, 2.05) is 61.3 Å². The number of thiazole rings is 1. The van der Waals surface area contributed by atoms with E-state index in [0.29, 0.717) is 6.54 Å². The first-order valence-corrected chi connectivity index (χ1v) is 8.77. The van der Waals surface area contributed by atoms with Crippen LogP contribution >= 0.6 is 11.3 Å². The number of anilines is 1. The predicted octanol–water partition coefficient (Wildman–Crippen LogP) is 4.24. The molecule has 0 radical (unpaired) electrons. The lowest BCUT2D eigenvalue weighted by Crippen LogP contribution is -2.32. The molecule has 0 aliphatic heterocycles. The molecule has 1 atom stereocenters. The van der Waals surface area contributed by atoms with Gasteiger partial charge in [-0.05, 0) is 44.7 Å². The van der Waals surface area contributed by atoms with E-state index in [4.69, 9.17) is 0 Å². The van der Waals surface area contributed by atoms with Crippen LogP contribution in [0.25, 0.3) is 10.2 Å². The van der Waals surface area contributed by atoms with Crippen molar-refractivity contribution in [1.29, 1.82) is 0 Å². The quantitative estimate of drug-likeness (QED) is 0.756. The van der Waals surface area contributed by atoms with Crippen LogP contribution in [0.4, 0.5) is 5.69 Å². The van der Waals surface area contributed by atoms with Crippen LogP contribution in [-0.2, 0) is 4.79 Å². The number of hydrogen-bond donors (Lipinski definition) is 1. The minimum atomic E-state index is -0.0141. The summed E-state index contributed by atoms with van der Waals surface area (Å²) < 4.78 is 1.18. The summed E-state index contributed by atoms with van der Waals surface area (Å²) in [5.74, 6) is -0.0141. The Morgan fingerprint density at radius 2 is 1.92 bits per heavy atom. The third-order valence-corrected chi connectivity index (χ3v) is 5.35. The Kier molecular flexibility index (Phi) is 4.92. The monoisotopic (exact) mass is 339 g/mol. The third-order valence-electron chi connectivity index (χ3n) is 4.14. The number of nitrogens with one attached hydrogen (secondary N) is 1. The molecule has 0 unspecified atom stereocenters. The number of carbonyl (C=O) groups excluding carboxylic acids is 1. The zero-order valence-corrected chi connectivity index (χ0v) is 14.9. The Morgan fingerprint density at radius 1 is 1.21 bits per heavy atom. The van der Waals surface area contributed by atoms with E-state index in [0.717, 1.165) is 21.8 Å². The van der Waals surface area contributed by atoms with Crippen molar-refractivity contribution in [1.82, 2.24) is 9.88 Å². The normalized spacial score (nSPS) is 12.5. The summed E-state index contributed by atoms with van der Waals surface area (Å²) in [6.07, 6.45) is 0. The minimum Gasteiger partial charge on any atom is -0.325 e. The number of amides is 1. The van der Waals surface area contributed by atoms with Crippen LogP contribution in [-0.4, -0.2) is 29.4 Å². The number of carbonyl (C=O) groups is 1. The Morgan fingerprint density at radius 3 is 2.67 bits per heavy atom. The van der Waals surface area contributed by atoms with Crippen LogP contribution in [0.15, 0.2) is 48.5 Å². The van der Waals surface area contributed by atoms with Crippen LogP contribution in [0, 0.1) is 6.92 Å². The van der Waals surface area contributed by atoms with Crippen molar-refractivity contribution >= 4 is 33.1 Å². The molecule has 0 spiro atoms. The molecule has 1 heterocycles. The highest BCUT2D eigenvalue weighted by Gasteiger charge is 2.18. The Labute approximate surface area is 146 Å². The molecule has 3 rings (SSSR count). The van der Waals surface area contributed by atoms with Crippen molar-refractivity contribution in [2.24, 2.45) is 0 Å². The van der Waals surface area contributed by atoms with E-state index in [1.54, 1.807) is 11.3 Å². The summed E-state index contributed by atoms with van der Waals surface area (Å²) in [4.78, 5) is 19.0. The topological polar surface area (TPSA) is 45.2 Å². The number of aryl methyl sites for hydroxylation is 1. The fourth-order valence-electron chi connectivity index (χ4n) is 2.52. The molecule has 2 aromatic carbocycles. The first kappa shape index (κ1) is 16.6. The van der Waals surface area contributed by atoms with Crippen molar-refractivity contribution in [3.05, 3.63) is 59.1 Å². The molecule has 1 N–H and O–H groups in total. The van der Waals surface area contributed by atoms with Crippen molar-refractivity contribution < 1.29 is 4.79 Å². The molecule has 0 saturated heterocycles. The molecule has 0 fully saturated rings. The van der Waals surface area contributed by atoms with Crippen molar-refractivity contribution in [3.63, 3.8) is 0 Å². The van der Waals surface area contributed by atoms with Crippen molar-refractivity contribution in [3.8, 4) is 0 Å². The highest BCUT2D eigenvalue weighted by molar-refractivity contribution is 7.18. The SMILES string of the molecule is Cc1ccccc1NC(=O)CN(C)[C@H](C)c1nc2ccccc2s1. The van der Waals surface area contributed by atoms with Gasteiger partial charge in [-0.3, -0.25) is 9.69 Å². The van der Waals surface area contributed by atoms with Gasteiger partial charge in [0.05, 0.1) is 22.8 Å². The van der Waals surface area contributed by atoms with Gasteiger partial charge in [-0.15, -0.1) is 11.3 Å². The summed E-state index contributed by atoms with van der Waals surface area (Å²) in [6.45, 7) is 4.40. The number of fused-ring (bicyclic) bond motifs is 1. The van der Waals surface area contributed by atoms with Crippen LogP contribution in [0.2, 0.25) is 0 Å². The maximum Gasteiger partial charge on any atom is 0.238 e. The van der Waals surface area contributed by atoms with Gasteiger partial charge in [0.25, 0.3) is 0 Å². The van der Waals surface area contributed by atoms with Crippen LogP contribution < -0.4 is 5.32 Å². The molecule has 3 aromatic rings. The number of benzene rings is 2. The Hall–Kier alpha value is -2.24. The van der Waals surface area contributed by atoms with Gasteiger partial charge in [0.1, 0.15) is 5.01 Å². The van der Waals surface area contributed by atoms with Gasteiger partial charge in [0.2, 0.25) is 5.91 Å². The molecule has 1 aromatic heterocycles. The zero-order chi connectivity index (χ0) is 17.1. The van der Waals surface area contributed by atoms with Crippen molar-refractivity contribution in [2.45, 2.75) is 19.9 Å². The molecule has 0 saturated carbocycles. The van der Waals surface area contributed by atoms with Gasteiger partial charge in [0, 0.05) is 5.69 Å². The van der Waals surface area contributed by atoms with E-state index in [-0.39, 0.29) is 11.9 Å². The van der Waals surface area contributed by atoms with Crippen LogP contribution in [0.1, 0.15) is 23.5 Å². The highest BCUT2D eigenvalue weighted by atomic mass is 32.1. The lowest BCUT2D eigenvalue weighted by Gasteiger charge is -2.22. The minimum absolute atomic E-state index is 0.0141. The highest BCUT2D eigenvalue weighted by Crippen LogP contribution is 2.28. The van der Waals surface area contributed by atoms with Gasteiger partial charge >= 0.3 is 0 Å². The molecular formula is C19H21N3OS. The second kappa shape index (κ2) is 7.11. The van der Waals surface area contributed by atoms with E-state index in [2.05, 4.69) is 23.3 Å².